The van der Waals surface area contributed by atoms with Gasteiger partial charge in [-0.25, -0.2) is 4.79 Å². The van der Waals surface area contributed by atoms with Gasteiger partial charge in [-0.2, -0.15) is 0 Å². The molecule has 1 aliphatic rings. The molecule has 0 saturated carbocycles. The summed E-state index contributed by atoms with van der Waals surface area (Å²) in [6.45, 7) is 0.420. The lowest BCUT2D eigenvalue weighted by Gasteiger charge is -2.33. The van der Waals surface area contributed by atoms with Gasteiger partial charge in [0.2, 0.25) is 0 Å². The molecule has 0 radical (unpaired) electrons. The van der Waals surface area contributed by atoms with E-state index in [1.54, 1.807) is 23.5 Å². The van der Waals surface area contributed by atoms with Crippen LogP contribution in [0.15, 0.2) is 25.1 Å². The van der Waals surface area contributed by atoms with Crippen molar-refractivity contribution in [3.05, 3.63) is 41.1 Å². The zero-order valence-corrected chi connectivity index (χ0v) is 15.3. The largest absolute Gasteiger partial charge is 0.479 e. The van der Waals surface area contributed by atoms with Crippen molar-refractivity contribution < 1.29 is 14.7 Å². The number of halogens is 2. The molecule has 0 aliphatic carbocycles. The van der Waals surface area contributed by atoms with Crippen LogP contribution in [-0.2, 0) is 11.2 Å². The molecule has 1 aliphatic heterocycles. The van der Waals surface area contributed by atoms with Crippen LogP contribution in [-0.4, -0.2) is 28.4 Å². The van der Waals surface area contributed by atoms with Crippen molar-refractivity contribution in [1.82, 2.24) is 4.90 Å². The molecule has 4 nitrogen and oxygen atoms in total. The first-order valence-corrected chi connectivity index (χ1v) is 9.32. The van der Waals surface area contributed by atoms with Gasteiger partial charge in [-0.3, -0.25) is 4.79 Å². The molecular weight excluding hydrogens is 442 g/mol. The van der Waals surface area contributed by atoms with Crippen LogP contribution < -0.4 is 0 Å². The normalized spacial score (nSPS) is 17.6. The van der Waals surface area contributed by atoms with E-state index in [0.717, 1.165) is 14.2 Å². The van der Waals surface area contributed by atoms with E-state index in [0.29, 0.717) is 22.3 Å². The van der Waals surface area contributed by atoms with Crippen LogP contribution in [0.3, 0.4) is 0 Å². The number of carbonyl (C=O) groups is 2. The van der Waals surface area contributed by atoms with E-state index in [-0.39, 0.29) is 5.91 Å². The minimum absolute atomic E-state index is 0.256. The third-order valence-corrected chi connectivity index (χ3v) is 6.68. The fourth-order valence-corrected chi connectivity index (χ4v) is 6.12. The molecule has 0 aromatic carbocycles. The Balaban J connectivity index is 2.00. The first-order valence-electron chi connectivity index (χ1n) is 6.04. The predicted octanol–water partition coefficient (Wildman–Crippen LogP) is 4.16. The maximum absolute atomic E-state index is 12.7. The van der Waals surface area contributed by atoms with Gasteiger partial charge in [0.05, 0.1) is 13.1 Å². The maximum atomic E-state index is 12.7. The summed E-state index contributed by atoms with van der Waals surface area (Å²) in [5, 5.41) is 11.4. The summed E-state index contributed by atoms with van der Waals surface area (Å²) in [6, 6.07) is 2.62. The highest BCUT2D eigenvalue weighted by molar-refractivity contribution is 9.12. The molecule has 1 atom stereocenters. The van der Waals surface area contributed by atoms with Crippen molar-refractivity contribution in [2.45, 2.75) is 12.5 Å². The summed E-state index contributed by atoms with van der Waals surface area (Å²) in [5.41, 5.74) is 1.23. The second-order valence-electron chi connectivity index (χ2n) is 4.53. The van der Waals surface area contributed by atoms with Crippen molar-refractivity contribution >= 4 is 66.4 Å². The average Bonchev–Trinajstić information content (AvgIpc) is 3.02. The fraction of sp³-hybridized carbons (Fsp3) is 0.231. The van der Waals surface area contributed by atoms with Gasteiger partial charge in [0.1, 0.15) is 0 Å². The summed E-state index contributed by atoms with van der Waals surface area (Å²) in [7, 11) is 0. The number of aliphatic carboxylic acids is 1. The van der Waals surface area contributed by atoms with Crippen LogP contribution >= 0.6 is 54.5 Å². The number of hydrogen-bond acceptors (Lipinski definition) is 4. The topological polar surface area (TPSA) is 57.6 Å². The number of carboxylic acid groups (broad SMARTS) is 1. The van der Waals surface area contributed by atoms with Gasteiger partial charge in [0.25, 0.3) is 5.91 Å². The summed E-state index contributed by atoms with van der Waals surface area (Å²) >= 11 is 9.65. The average molecular weight is 451 g/mol. The fourth-order valence-electron chi connectivity index (χ4n) is 2.44. The number of nitrogens with zero attached hydrogens (tertiary/aromatic N) is 1. The van der Waals surface area contributed by atoms with Crippen molar-refractivity contribution in [3.8, 4) is 0 Å². The van der Waals surface area contributed by atoms with Gasteiger partial charge in [0, 0.05) is 11.4 Å². The van der Waals surface area contributed by atoms with Crippen molar-refractivity contribution in [2.24, 2.45) is 0 Å². The van der Waals surface area contributed by atoms with Gasteiger partial charge in [-0.05, 0) is 61.4 Å². The van der Waals surface area contributed by atoms with Crippen molar-refractivity contribution in [1.29, 1.82) is 0 Å². The number of thiophene rings is 2. The molecule has 110 valence electrons. The zero-order valence-electron chi connectivity index (χ0n) is 10.5. The van der Waals surface area contributed by atoms with Gasteiger partial charge in [0.15, 0.2) is 6.04 Å². The molecule has 0 saturated heterocycles. The molecule has 3 heterocycles. The van der Waals surface area contributed by atoms with Crippen LogP contribution in [0, 0.1) is 0 Å². The second-order valence-corrected chi connectivity index (χ2v) is 9.28. The van der Waals surface area contributed by atoms with E-state index in [2.05, 4.69) is 31.9 Å². The Morgan fingerprint density at radius 3 is 2.76 bits per heavy atom. The number of hydrogen-bond donors (Lipinski definition) is 1. The van der Waals surface area contributed by atoms with Crippen LogP contribution in [0.1, 0.15) is 26.8 Å². The maximum Gasteiger partial charge on any atom is 0.331 e. The molecule has 21 heavy (non-hydrogen) atoms. The molecule has 2 aromatic heterocycles. The van der Waals surface area contributed by atoms with Gasteiger partial charge >= 0.3 is 5.97 Å². The summed E-state index contributed by atoms with van der Waals surface area (Å²) in [6.07, 6.45) is 0.700. The Morgan fingerprint density at radius 2 is 2.14 bits per heavy atom. The molecule has 2 aromatic rings. The van der Waals surface area contributed by atoms with Crippen LogP contribution in [0.25, 0.3) is 0 Å². The van der Waals surface area contributed by atoms with E-state index >= 15 is 0 Å². The minimum atomic E-state index is -0.992. The van der Waals surface area contributed by atoms with Crippen LogP contribution in [0.2, 0.25) is 0 Å². The SMILES string of the molecule is O=C(O)C1c2ccsc2CCN1C(=O)c1cc(Br)sc1Br. The molecule has 0 bridgehead atoms. The lowest BCUT2D eigenvalue weighted by atomic mass is 9.99. The third-order valence-electron chi connectivity index (χ3n) is 3.35. The summed E-state index contributed by atoms with van der Waals surface area (Å²) in [4.78, 5) is 26.8. The number of amides is 1. The van der Waals surface area contributed by atoms with E-state index in [1.165, 1.54) is 16.2 Å². The van der Waals surface area contributed by atoms with Crippen molar-refractivity contribution in [3.63, 3.8) is 0 Å². The van der Waals surface area contributed by atoms with Crippen LogP contribution in [0.4, 0.5) is 0 Å². The zero-order chi connectivity index (χ0) is 15.1. The Labute approximate surface area is 145 Å². The second kappa shape index (κ2) is 5.83. The molecule has 0 fully saturated rings. The number of rotatable bonds is 2. The summed E-state index contributed by atoms with van der Waals surface area (Å²) in [5.74, 6) is -1.25. The van der Waals surface area contributed by atoms with E-state index in [1.807, 2.05) is 5.38 Å². The molecule has 1 amide bonds. The molecule has 3 rings (SSSR count). The third kappa shape index (κ3) is 2.69. The first-order chi connectivity index (χ1) is 9.99. The highest BCUT2D eigenvalue weighted by Crippen LogP contribution is 2.37. The lowest BCUT2D eigenvalue weighted by molar-refractivity contribution is -0.142. The Kier molecular flexibility index (Phi) is 4.22. The summed E-state index contributed by atoms with van der Waals surface area (Å²) < 4.78 is 1.54. The smallest absolute Gasteiger partial charge is 0.331 e. The quantitative estimate of drug-likeness (QED) is 0.747. The standard InChI is InChI=1S/C13H9Br2NO3S2/c14-9-5-7(11(15)21-9)12(17)16-3-1-8-6(2-4-20-8)10(16)13(18)19/h2,4-5,10H,1,3H2,(H,18,19). The highest BCUT2D eigenvalue weighted by atomic mass is 79.9. The molecule has 8 heteroatoms. The highest BCUT2D eigenvalue weighted by Gasteiger charge is 2.37. The minimum Gasteiger partial charge on any atom is -0.479 e. The Bertz CT molecular complexity index is 725. The van der Waals surface area contributed by atoms with Crippen LogP contribution in [0.5, 0.6) is 0 Å². The van der Waals surface area contributed by atoms with E-state index in [4.69, 9.17) is 0 Å². The predicted molar refractivity (Wildman–Crippen MR) is 89.2 cm³/mol. The molecule has 1 N–H and O–H groups in total. The van der Waals surface area contributed by atoms with Gasteiger partial charge in [-0.15, -0.1) is 22.7 Å². The Morgan fingerprint density at radius 1 is 1.38 bits per heavy atom. The molecule has 1 unspecified atom stereocenters. The number of fused-ring (bicyclic) bond motifs is 1. The number of carboxylic acids is 1. The van der Waals surface area contributed by atoms with Gasteiger partial charge < -0.3 is 10.0 Å². The Hall–Kier alpha value is -0.700. The van der Waals surface area contributed by atoms with Gasteiger partial charge in [-0.1, -0.05) is 0 Å². The molecule has 0 spiro atoms. The van der Waals surface area contributed by atoms with E-state index < -0.39 is 12.0 Å². The van der Waals surface area contributed by atoms with Crippen molar-refractivity contribution in [2.75, 3.05) is 6.54 Å². The first kappa shape index (κ1) is 15.2. The van der Waals surface area contributed by atoms with E-state index in [9.17, 15) is 14.7 Å². The molecular formula is C13H9Br2NO3S2. The number of carbonyl (C=O) groups excluding carboxylic acids is 1. The monoisotopic (exact) mass is 449 g/mol. The lowest BCUT2D eigenvalue weighted by Crippen LogP contribution is -2.43.